The number of rotatable bonds is 3. The first-order valence-corrected chi connectivity index (χ1v) is 4.06. The third-order valence-corrected chi connectivity index (χ3v) is 1.93. The first kappa shape index (κ1) is 8.24. The summed E-state index contributed by atoms with van der Waals surface area (Å²) in [4.78, 5) is 22.2. The highest BCUT2D eigenvalue weighted by Gasteiger charge is 2.29. The van der Waals surface area contributed by atoms with Gasteiger partial charge in [-0.3, -0.25) is 9.59 Å². The SMILES string of the molecule is CCCC(=O)C1CCNC1=O. The van der Waals surface area contributed by atoms with Crippen LogP contribution in [0.3, 0.4) is 0 Å². The number of carbonyl (C=O) groups excluding carboxylic acids is 2. The maximum Gasteiger partial charge on any atom is 0.230 e. The number of ketones is 1. The molecule has 1 aliphatic heterocycles. The lowest BCUT2D eigenvalue weighted by molar-refractivity contribution is -0.131. The van der Waals surface area contributed by atoms with Gasteiger partial charge in [0, 0.05) is 13.0 Å². The largest absolute Gasteiger partial charge is 0.355 e. The van der Waals surface area contributed by atoms with Gasteiger partial charge in [0.05, 0.1) is 5.92 Å². The number of hydrogen-bond donors (Lipinski definition) is 1. The molecular formula is C8H13NO2. The molecule has 0 aromatic rings. The third-order valence-electron chi connectivity index (χ3n) is 1.93. The van der Waals surface area contributed by atoms with Gasteiger partial charge in [0.2, 0.25) is 5.91 Å². The first-order valence-electron chi connectivity index (χ1n) is 4.06. The molecule has 0 saturated carbocycles. The van der Waals surface area contributed by atoms with Gasteiger partial charge in [0.1, 0.15) is 5.78 Å². The summed E-state index contributed by atoms with van der Waals surface area (Å²) in [5.41, 5.74) is 0. The molecule has 3 heteroatoms. The molecule has 0 aliphatic carbocycles. The van der Waals surface area contributed by atoms with Crippen molar-refractivity contribution in [3.05, 3.63) is 0 Å². The Kier molecular flexibility index (Phi) is 2.63. The van der Waals surface area contributed by atoms with Gasteiger partial charge in [-0.15, -0.1) is 0 Å². The molecule has 62 valence electrons. The lowest BCUT2D eigenvalue weighted by Gasteiger charge is -2.02. The fraction of sp³-hybridized carbons (Fsp3) is 0.750. The predicted molar refractivity (Wildman–Crippen MR) is 41.0 cm³/mol. The Morgan fingerprint density at radius 1 is 1.73 bits per heavy atom. The molecule has 1 N–H and O–H groups in total. The Bertz CT molecular complexity index is 177. The Balaban J connectivity index is 2.46. The molecule has 1 atom stereocenters. The summed E-state index contributed by atoms with van der Waals surface area (Å²) in [5, 5.41) is 2.65. The minimum Gasteiger partial charge on any atom is -0.355 e. The number of carbonyl (C=O) groups is 2. The van der Waals surface area contributed by atoms with Crippen LogP contribution in [0.15, 0.2) is 0 Å². The smallest absolute Gasteiger partial charge is 0.230 e. The van der Waals surface area contributed by atoms with Crippen LogP contribution in [0.4, 0.5) is 0 Å². The van der Waals surface area contributed by atoms with E-state index < -0.39 is 0 Å². The summed E-state index contributed by atoms with van der Waals surface area (Å²) >= 11 is 0. The van der Waals surface area contributed by atoms with Gasteiger partial charge in [-0.05, 0) is 12.8 Å². The fourth-order valence-electron chi connectivity index (χ4n) is 1.32. The number of nitrogens with one attached hydrogen (secondary N) is 1. The van der Waals surface area contributed by atoms with Crippen LogP contribution < -0.4 is 5.32 Å². The second-order valence-corrected chi connectivity index (χ2v) is 2.85. The topological polar surface area (TPSA) is 46.2 Å². The van der Waals surface area contributed by atoms with Gasteiger partial charge in [-0.2, -0.15) is 0 Å². The number of Topliss-reactive ketones (excluding diaryl/α,β-unsaturated/α-hetero) is 1. The zero-order valence-electron chi connectivity index (χ0n) is 6.72. The van der Waals surface area contributed by atoms with Crippen LogP contribution in [0.2, 0.25) is 0 Å². The molecule has 0 spiro atoms. The van der Waals surface area contributed by atoms with Crippen LogP contribution in [0.1, 0.15) is 26.2 Å². The van der Waals surface area contributed by atoms with Gasteiger partial charge in [0.25, 0.3) is 0 Å². The molecule has 1 aliphatic rings. The monoisotopic (exact) mass is 155 g/mol. The van der Waals surface area contributed by atoms with Crippen LogP contribution in [0.25, 0.3) is 0 Å². The van der Waals surface area contributed by atoms with Crippen molar-refractivity contribution in [1.82, 2.24) is 5.32 Å². The maximum atomic E-state index is 11.2. The molecule has 1 rings (SSSR count). The van der Waals surface area contributed by atoms with Gasteiger partial charge in [-0.1, -0.05) is 6.92 Å². The zero-order chi connectivity index (χ0) is 8.27. The average molecular weight is 155 g/mol. The van der Waals surface area contributed by atoms with Crippen molar-refractivity contribution in [2.75, 3.05) is 6.54 Å². The molecule has 1 fully saturated rings. The van der Waals surface area contributed by atoms with E-state index in [9.17, 15) is 9.59 Å². The molecule has 1 saturated heterocycles. The van der Waals surface area contributed by atoms with Crippen molar-refractivity contribution in [2.45, 2.75) is 26.2 Å². The predicted octanol–water partition coefficient (Wildman–Crippen LogP) is 0.492. The highest BCUT2D eigenvalue weighted by atomic mass is 16.2. The van der Waals surface area contributed by atoms with E-state index in [2.05, 4.69) is 5.32 Å². The van der Waals surface area contributed by atoms with Crippen molar-refractivity contribution in [2.24, 2.45) is 5.92 Å². The first-order chi connectivity index (χ1) is 5.25. The maximum absolute atomic E-state index is 11.2. The highest BCUT2D eigenvalue weighted by Crippen LogP contribution is 2.12. The summed E-state index contributed by atoms with van der Waals surface area (Å²) < 4.78 is 0. The molecule has 3 nitrogen and oxygen atoms in total. The van der Waals surface area contributed by atoms with Crippen LogP contribution in [0.5, 0.6) is 0 Å². The Hall–Kier alpha value is -0.860. The summed E-state index contributed by atoms with van der Waals surface area (Å²) in [6, 6.07) is 0. The fourth-order valence-corrected chi connectivity index (χ4v) is 1.32. The van der Waals surface area contributed by atoms with Crippen molar-refractivity contribution >= 4 is 11.7 Å². The second kappa shape index (κ2) is 3.51. The minimum absolute atomic E-state index is 0.0801. The quantitative estimate of drug-likeness (QED) is 0.603. The lowest BCUT2D eigenvalue weighted by atomic mass is 9.99. The number of hydrogen-bond acceptors (Lipinski definition) is 2. The molecular weight excluding hydrogens is 142 g/mol. The summed E-state index contributed by atoms with van der Waals surface area (Å²) in [7, 11) is 0. The average Bonchev–Trinajstić information content (AvgIpc) is 2.36. The summed E-state index contributed by atoms with van der Waals surface area (Å²) in [6.45, 7) is 2.61. The van der Waals surface area contributed by atoms with Gasteiger partial charge < -0.3 is 5.32 Å². The normalized spacial score (nSPS) is 23.4. The van der Waals surface area contributed by atoms with Crippen LogP contribution in [-0.2, 0) is 9.59 Å². The lowest BCUT2D eigenvalue weighted by Crippen LogP contribution is -2.24. The van der Waals surface area contributed by atoms with Crippen LogP contribution in [0, 0.1) is 5.92 Å². The molecule has 0 bridgehead atoms. The molecule has 0 radical (unpaired) electrons. The molecule has 0 aromatic carbocycles. The van der Waals surface area contributed by atoms with Crippen molar-refractivity contribution in [3.63, 3.8) is 0 Å². The van der Waals surface area contributed by atoms with E-state index in [0.717, 1.165) is 6.42 Å². The van der Waals surface area contributed by atoms with E-state index in [1.54, 1.807) is 0 Å². The van der Waals surface area contributed by atoms with E-state index in [4.69, 9.17) is 0 Å². The van der Waals surface area contributed by atoms with E-state index >= 15 is 0 Å². The molecule has 1 unspecified atom stereocenters. The van der Waals surface area contributed by atoms with E-state index in [0.29, 0.717) is 19.4 Å². The molecule has 1 heterocycles. The van der Waals surface area contributed by atoms with E-state index in [1.165, 1.54) is 0 Å². The Labute approximate surface area is 66.2 Å². The van der Waals surface area contributed by atoms with E-state index in [-0.39, 0.29) is 17.6 Å². The molecule has 0 aromatic heterocycles. The molecule has 11 heavy (non-hydrogen) atoms. The Morgan fingerprint density at radius 3 is 2.91 bits per heavy atom. The summed E-state index contributed by atoms with van der Waals surface area (Å²) in [6.07, 6.45) is 2.07. The van der Waals surface area contributed by atoms with Crippen LogP contribution in [-0.4, -0.2) is 18.2 Å². The van der Waals surface area contributed by atoms with E-state index in [1.807, 2.05) is 6.92 Å². The standard InChI is InChI=1S/C8H13NO2/c1-2-3-7(10)6-4-5-9-8(6)11/h6H,2-5H2,1H3,(H,9,11). The minimum atomic E-state index is -0.338. The van der Waals surface area contributed by atoms with Gasteiger partial charge in [-0.25, -0.2) is 0 Å². The zero-order valence-corrected chi connectivity index (χ0v) is 6.72. The second-order valence-electron chi connectivity index (χ2n) is 2.85. The van der Waals surface area contributed by atoms with Gasteiger partial charge >= 0.3 is 0 Å². The van der Waals surface area contributed by atoms with Crippen LogP contribution >= 0.6 is 0 Å². The Morgan fingerprint density at radius 2 is 2.45 bits per heavy atom. The highest BCUT2D eigenvalue weighted by molar-refractivity contribution is 6.02. The van der Waals surface area contributed by atoms with Gasteiger partial charge in [0.15, 0.2) is 0 Å². The third kappa shape index (κ3) is 1.79. The summed E-state index contributed by atoms with van der Waals surface area (Å²) in [5.74, 6) is -0.319. The van der Waals surface area contributed by atoms with Crippen molar-refractivity contribution in [1.29, 1.82) is 0 Å². The molecule has 1 amide bonds. The number of amides is 1. The van der Waals surface area contributed by atoms with Crippen molar-refractivity contribution in [3.8, 4) is 0 Å². The van der Waals surface area contributed by atoms with Crippen molar-refractivity contribution < 1.29 is 9.59 Å².